The minimum atomic E-state index is -5.72. The number of hydrogen-bond donors (Lipinski definition) is 2. The van der Waals surface area contributed by atoms with E-state index in [0.29, 0.717) is 30.9 Å². The number of piperazine rings is 1. The number of carbonyl (C=O) groups is 2. The highest BCUT2D eigenvalue weighted by molar-refractivity contribution is 5.95. The van der Waals surface area contributed by atoms with Crippen LogP contribution in [0.5, 0.6) is 5.75 Å². The Balaban J connectivity index is 1.21. The van der Waals surface area contributed by atoms with Gasteiger partial charge >= 0.3 is 12.1 Å². The van der Waals surface area contributed by atoms with E-state index in [-0.39, 0.29) is 79.9 Å². The second kappa shape index (κ2) is 15.0. The summed E-state index contributed by atoms with van der Waals surface area (Å²) in [6, 6.07) is 4.61. The Morgan fingerprint density at radius 1 is 1.07 bits per heavy atom. The number of hydrogen-bond acceptors (Lipinski definition) is 10. The van der Waals surface area contributed by atoms with Crippen molar-refractivity contribution < 1.29 is 41.4 Å². The van der Waals surface area contributed by atoms with Crippen LogP contribution in [0.1, 0.15) is 66.1 Å². The van der Waals surface area contributed by atoms with E-state index in [1.807, 2.05) is 18.2 Å². The number of halogens is 5. The number of anilines is 1. The first-order chi connectivity index (χ1) is 26.6. The number of rotatable bonds is 11. The summed E-state index contributed by atoms with van der Waals surface area (Å²) in [4.78, 5) is 57.2. The molecule has 2 amide bonds. The number of aromatic hydroxyl groups is 1. The van der Waals surface area contributed by atoms with E-state index in [1.54, 1.807) is 18.7 Å². The van der Waals surface area contributed by atoms with Crippen LogP contribution in [0.25, 0.3) is 17.2 Å². The van der Waals surface area contributed by atoms with Crippen LogP contribution in [-0.2, 0) is 35.5 Å². The van der Waals surface area contributed by atoms with Gasteiger partial charge in [-0.05, 0) is 69.1 Å². The predicted octanol–water partition coefficient (Wildman–Crippen LogP) is 4.08. The zero-order valence-corrected chi connectivity index (χ0v) is 31.1. The van der Waals surface area contributed by atoms with Gasteiger partial charge in [0.2, 0.25) is 11.7 Å². The molecule has 0 radical (unpaired) electrons. The van der Waals surface area contributed by atoms with Crippen molar-refractivity contribution in [2.24, 2.45) is 11.8 Å². The molecule has 2 unspecified atom stereocenters. The quantitative estimate of drug-likeness (QED) is 0.212. The molecule has 1 saturated heterocycles. The van der Waals surface area contributed by atoms with Gasteiger partial charge in [0.1, 0.15) is 18.6 Å². The van der Waals surface area contributed by atoms with Gasteiger partial charge in [-0.15, -0.1) is 5.10 Å². The van der Waals surface area contributed by atoms with E-state index in [2.05, 4.69) is 20.4 Å². The summed E-state index contributed by atoms with van der Waals surface area (Å²) < 4.78 is 77.4. The summed E-state index contributed by atoms with van der Waals surface area (Å²) in [5, 5.41) is 17.6. The molecule has 300 valence electrons. The lowest BCUT2D eigenvalue weighted by Gasteiger charge is -2.36. The van der Waals surface area contributed by atoms with Gasteiger partial charge in [-0.2, -0.15) is 31.5 Å². The maximum absolute atomic E-state index is 14.5. The van der Waals surface area contributed by atoms with E-state index < -0.39 is 60.3 Å². The van der Waals surface area contributed by atoms with Gasteiger partial charge in [0, 0.05) is 43.7 Å². The van der Waals surface area contributed by atoms with Crippen molar-refractivity contribution in [1.29, 1.82) is 0 Å². The summed E-state index contributed by atoms with van der Waals surface area (Å²) in [5.41, 5.74) is 2.91. The number of alkyl halides is 5. The topological polar surface area (TPSA) is 160 Å². The van der Waals surface area contributed by atoms with Crippen LogP contribution in [0.2, 0.25) is 0 Å². The fourth-order valence-corrected chi connectivity index (χ4v) is 7.71. The monoisotopic (exact) mass is 787 g/mol. The van der Waals surface area contributed by atoms with E-state index >= 15 is 0 Å². The normalized spacial score (nSPS) is 17.5. The van der Waals surface area contributed by atoms with Crippen molar-refractivity contribution in [3.05, 3.63) is 63.1 Å². The van der Waals surface area contributed by atoms with E-state index in [9.17, 15) is 41.4 Å². The number of benzene rings is 1. The van der Waals surface area contributed by atoms with Crippen LogP contribution < -0.4 is 15.8 Å². The minimum Gasteiger partial charge on any atom is -0.504 e. The van der Waals surface area contributed by atoms with Crippen molar-refractivity contribution in [3.63, 3.8) is 0 Å². The molecule has 2 N–H and O–H groups in total. The van der Waals surface area contributed by atoms with Gasteiger partial charge in [-0.25, -0.2) is 9.97 Å². The van der Waals surface area contributed by atoms with E-state index in [1.165, 1.54) is 22.7 Å². The Kier molecular flexibility index (Phi) is 10.5. The fourth-order valence-electron chi connectivity index (χ4n) is 7.71. The molecule has 1 aliphatic carbocycles. The molecule has 1 aromatic carbocycles. The van der Waals surface area contributed by atoms with Crippen molar-refractivity contribution in [1.82, 2.24) is 39.3 Å². The largest absolute Gasteiger partial charge is 0.504 e. The van der Waals surface area contributed by atoms with Gasteiger partial charge < -0.3 is 29.5 Å². The van der Waals surface area contributed by atoms with Gasteiger partial charge in [0.05, 0.1) is 24.6 Å². The number of aryl methyl sites for hydroxylation is 1. The van der Waals surface area contributed by atoms with Crippen LogP contribution in [-0.4, -0.2) is 102 Å². The third-order valence-electron chi connectivity index (χ3n) is 10.8. The van der Waals surface area contributed by atoms with Crippen LogP contribution in [0.15, 0.2) is 29.3 Å². The number of carbonyl (C=O) groups excluding carboxylic acids is 2. The van der Waals surface area contributed by atoms with Gasteiger partial charge in [0.25, 0.3) is 11.5 Å². The molecule has 3 aromatic heterocycles. The minimum absolute atomic E-state index is 0.0392. The summed E-state index contributed by atoms with van der Waals surface area (Å²) >= 11 is 0. The van der Waals surface area contributed by atoms with Crippen LogP contribution in [0, 0.1) is 18.8 Å². The van der Waals surface area contributed by atoms with Crippen LogP contribution in [0.3, 0.4) is 0 Å². The molecule has 19 heteroatoms. The SMILES string of the molecule is CCc1c(N2CCN(C(=O)c3ncnc(C)c3O)CC2)c(=O)n2nc(-c3ccc4c(c3)CCOC4)nc2n1CC(=O)NC(C)CC(C1CC1)C(F)(F)C(F)(F)F. The first-order valence-electron chi connectivity index (χ1n) is 18.6. The lowest BCUT2D eigenvalue weighted by atomic mass is 9.88. The molecule has 4 aromatic rings. The average molecular weight is 788 g/mol. The number of ether oxygens (including phenoxy) is 1. The second-order valence-electron chi connectivity index (χ2n) is 14.7. The Bertz CT molecular complexity index is 2210. The molecule has 2 atom stereocenters. The van der Waals surface area contributed by atoms with Crippen molar-refractivity contribution >= 4 is 23.3 Å². The molecule has 5 heterocycles. The smallest absolute Gasteiger partial charge is 0.453 e. The van der Waals surface area contributed by atoms with Crippen LogP contribution >= 0.6 is 0 Å². The standard InChI is InChI=1S/C37H42F5N9O5/c1-4-27-30(48-10-12-49(13-11-48)33(54)29-31(53)21(3)43-19-44-29)34(55)51-35(46-32(47-51)24-7-8-25-18-56-14-9-23(25)16-24)50(27)17-28(52)45-20(2)15-26(22-5-6-22)36(38,39)37(40,41)42/h7-8,16,19-20,22,26,53H,4-6,9-15,17-18H2,1-3H3,(H,45,52). The number of aromatic nitrogens is 6. The molecule has 2 aliphatic heterocycles. The molecule has 0 bridgehead atoms. The number of nitrogens with one attached hydrogen (secondary N) is 1. The highest BCUT2D eigenvalue weighted by Gasteiger charge is 2.65. The Morgan fingerprint density at radius 3 is 2.48 bits per heavy atom. The lowest BCUT2D eigenvalue weighted by Crippen LogP contribution is -2.51. The molecular formula is C37H42F5N9O5. The Morgan fingerprint density at radius 2 is 1.80 bits per heavy atom. The highest BCUT2D eigenvalue weighted by atomic mass is 19.4. The molecule has 7 rings (SSSR count). The average Bonchev–Trinajstić information content (AvgIpc) is 3.91. The molecular weight excluding hydrogens is 745 g/mol. The number of nitrogens with zero attached hydrogens (tertiary/aromatic N) is 8. The van der Waals surface area contributed by atoms with E-state index in [4.69, 9.17) is 9.72 Å². The maximum Gasteiger partial charge on any atom is 0.453 e. The summed E-state index contributed by atoms with van der Waals surface area (Å²) in [6.45, 7) is 5.99. The third kappa shape index (κ3) is 7.39. The third-order valence-corrected chi connectivity index (χ3v) is 10.8. The summed E-state index contributed by atoms with van der Waals surface area (Å²) in [6.07, 6.45) is -3.68. The highest BCUT2D eigenvalue weighted by Crippen LogP contribution is 2.52. The molecule has 56 heavy (non-hydrogen) atoms. The van der Waals surface area contributed by atoms with E-state index in [0.717, 1.165) is 15.6 Å². The van der Waals surface area contributed by atoms with Crippen molar-refractivity contribution in [2.45, 2.75) is 84.2 Å². The van der Waals surface area contributed by atoms with Gasteiger partial charge in [-0.1, -0.05) is 19.1 Å². The summed E-state index contributed by atoms with van der Waals surface area (Å²) in [5.74, 6) is -8.93. The van der Waals surface area contributed by atoms with Crippen molar-refractivity contribution in [3.8, 4) is 17.1 Å². The first-order valence-corrected chi connectivity index (χ1v) is 18.6. The first kappa shape index (κ1) is 39.1. The predicted molar refractivity (Wildman–Crippen MR) is 191 cm³/mol. The van der Waals surface area contributed by atoms with Crippen LogP contribution in [0.4, 0.5) is 27.6 Å². The molecule has 3 aliphatic rings. The molecule has 14 nitrogen and oxygen atoms in total. The molecule has 0 spiro atoms. The fraction of sp³-hybridized carbons (Fsp3) is 0.541. The second-order valence-corrected chi connectivity index (χ2v) is 14.7. The Labute approximate surface area is 317 Å². The lowest BCUT2D eigenvalue weighted by molar-refractivity contribution is -0.306. The summed E-state index contributed by atoms with van der Waals surface area (Å²) in [7, 11) is 0. The zero-order chi connectivity index (χ0) is 40.1. The maximum atomic E-state index is 14.5. The molecule has 2 fully saturated rings. The van der Waals surface area contributed by atoms with Gasteiger partial charge in [0.15, 0.2) is 17.3 Å². The Hall–Kier alpha value is -5.20. The number of amides is 2. The molecule has 1 saturated carbocycles. The number of fused-ring (bicyclic) bond motifs is 2. The van der Waals surface area contributed by atoms with Crippen molar-refractivity contribution in [2.75, 3.05) is 37.7 Å². The zero-order valence-electron chi connectivity index (χ0n) is 31.1. The van der Waals surface area contributed by atoms with Gasteiger partial charge in [-0.3, -0.25) is 14.4 Å².